The van der Waals surface area contributed by atoms with Crippen molar-refractivity contribution in [3.63, 3.8) is 0 Å². The molecule has 0 fully saturated rings. The van der Waals surface area contributed by atoms with E-state index in [1.165, 1.54) is 35.4 Å². The molecule has 22 heavy (non-hydrogen) atoms. The van der Waals surface area contributed by atoms with Crippen molar-refractivity contribution in [3.05, 3.63) is 69.6 Å². The van der Waals surface area contributed by atoms with Crippen LogP contribution in [-0.2, 0) is 54.3 Å². The van der Waals surface area contributed by atoms with E-state index in [2.05, 4.69) is 38.1 Å². The molecule has 0 N–H and O–H groups in total. The standard InChI is InChI=1S/C8H10.C6H4O2.CH4.2Ag.B.O2/c1-7-3-5-8(2)6-4-7;7-5-1-2-6(8)4-3-5;;;;;1-2/h3-6H,1-2H3;1-4H;1H4;;;;/q;;;;+1;;. The Morgan fingerprint density at radius 3 is 1.05 bits per heavy atom. The predicted molar refractivity (Wildman–Crippen MR) is 83.4 cm³/mol. The van der Waals surface area contributed by atoms with Gasteiger partial charge in [0.15, 0.2) is 11.6 Å². The quantitative estimate of drug-likeness (QED) is 0.416. The van der Waals surface area contributed by atoms with Crippen LogP contribution in [0.3, 0.4) is 0 Å². The van der Waals surface area contributed by atoms with Gasteiger partial charge in [-0.05, 0) is 38.2 Å². The molecular formula is C15H18Ag2BO4+. The van der Waals surface area contributed by atoms with Crippen LogP contribution in [0.15, 0.2) is 48.6 Å². The van der Waals surface area contributed by atoms with Crippen LogP contribution in [0.4, 0.5) is 0 Å². The molecule has 7 heteroatoms. The van der Waals surface area contributed by atoms with E-state index in [0.717, 1.165) is 0 Å². The number of ketones is 2. The summed E-state index contributed by atoms with van der Waals surface area (Å²) in [5.74, 6) is -0.241. The van der Waals surface area contributed by atoms with E-state index >= 15 is 0 Å². The Morgan fingerprint density at radius 2 is 0.864 bits per heavy atom. The molecule has 0 amide bonds. The number of aryl methyl sites for hydroxylation is 2. The molecule has 1 aromatic rings. The van der Waals surface area contributed by atoms with Crippen molar-refractivity contribution in [1.29, 1.82) is 0 Å². The number of hydrogen-bond donors (Lipinski definition) is 0. The third kappa shape index (κ3) is 17.2. The summed E-state index contributed by atoms with van der Waals surface area (Å²) in [6, 6.07) is 8.48. The van der Waals surface area contributed by atoms with Gasteiger partial charge < -0.3 is 0 Å². The molecule has 1 aromatic carbocycles. The molecule has 4 nitrogen and oxygen atoms in total. The minimum atomic E-state index is -0.121. The van der Waals surface area contributed by atoms with Gasteiger partial charge in [-0.2, -0.15) is 0 Å². The van der Waals surface area contributed by atoms with Gasteiger partial charge in [-0.3, -0.25) is 9.59 Å². The Bertz CT molecular complexity index is 412. The molecule has 126 valence electrons. The minimum Gasteiger partial charge on any atom is -0.290 e. The zero-order valence-electron chi connectivity index (χ0n) is 11.4. The van der Waals surface area contributed by atoms with Crippen molar-refractivity contribution in [3.8, 4) is 0 Å². The Morgan fingerprint density at radius 1 is 0.682 bits per heavy atom. The summed E-state index contributed by atoms with van der Waals surface area (Å²) in [7, 11) is 0. The molecule has 0 bridgehead atoms. The van der Waals surface area contributed by atoms with Gasteiger partial charge in [0, 0.05) is 40.7 Å². The number of carbonyl (C=O) groups is 2. The first-order valence-electron chi connectivity index (χ1n) is 5.22. The van der Waals surface area contributed by atoms with Gasteiger partial charge in [-0.25, -0.2) is 0 Å². The van der Waals surface area contributed by atoms with Crippen LogP contribution < -0.4 is 0 Å². The molecule has 0 unspecified atom stereocenters. The van der Waals surface area contributed by atoms with Gasteiger partial charge in [0.05, 0.1) is 0 Å². The van der Waals surface area contributed by atoms with Crippen LogP contribution in [0.2, 0.25) is 0 Å². The minimum absolute atomic E-state index is 0. The zero-order chi connectivity index (χ0) is 14.0. The van der Waals surface area contributed by atoms with Crippen molar-refractivity contribution in [2.24, 2.45) is 0 Å². The van der Waals surface area contributed by atoms with Gasteiger partial charge >= 0.3 is 22.4 Å². The first kappa shape index (κ1) is 33.0. The fraction of sp³-hybridized carbons (Fsp3) is 0.200. The fourth-order valence-corrected chi connectivity index (χ4v) is 1.08. The Kier molecular flexibility index (Phi) is 30.2. The number of rotatable bonds is 0. The van der Waals surface area contributed by atoms with E-state index < -0.39 is 0 Å². The van der Waals surface area contributed by atoms with Gasteiger partial charge in [0.2, 0.25) is 0 Å². The molecule has 4 radical (unpaired) electrons. The maximum atomic E-state index is 10.3. The summed E-state index contributed by atoms with van der Waals surface area (Å²) in [4.78, 5) is 34.6. The summed E-state index contributed by atoms with van der Waals surface area (Å²) >= 11 is 0. The van der Waals surface area contributed by atoms with E-state index in [9.17, 15) is 9.59 Å². The summed E-state index contributed by atoms with van der Waals surface area (Å²) < 4.78 is 0. The Hall–Kier alpha value is -0.815. The second kappa shape index (κ2) is 20.2. The molecule has 0 saturated heterocycles. The molecular weight excluding hydrogens is 471 g/mol. The van der Waals surface area contributed by atoms with Crippen molar-refractivity contribution < 1.29 is 54.3 Å². The molecule has 0 spiro atoms. The van der Waals surface area contributed by atoms with Crippen LogP contribution in [0.25, 0.3) is 0 Å². The van der Waals surface area contributed by atoms with E-state index in [1.54, 1.807) is 0 Å². The summed E-state index contributed by atoms with van der Waals surface area (Å²) in [6.45, 7) is 4.19. The zero-order valence-corrected chi connectivity index (χ0v) is 14.4. The topological polar surface area (TPSA) is 68.3 Å². The number of allylic oxidation sites excluding steroid dienone is 4. The van der Waals surface area contributed by atoms with Crippen molar-refractivity contribution in [2.75, 3.05) is 0 Å². The van der Waals surface area contributed by atoms with Crippen LogP contribution in [0.5, 0.6) is 0 Å². The first-order valence-corrected chi connectivity index (χ1v) is 5.22. The normalized spacial score (nSPS) is 9.91. The van der Waals surface area contributed by atoms with E-state index in [0.29, 0.717) is 0 Å². The molecule has 2 rings (SSSR count). The van der Waals surface area contributed by atoms with E-state index in [1.807, 2.05) is 0 Å². The van der Waals surface area contributed by atoms with Crippen LogP contribution in [0, 0.1) is 23.8 Å². The smallest absolute Gasteiger partial charge is 0.290 e. The Balaban J connectivity index is -0.0000000676. The molecule has 0 atom stereocenters. The SMILES string of the molecule is C.Cc1ccc(C)cc1.O=C1C=CC(=O)C=C1.O=O.[Ag+].[Ag].[B]. The molecule has 1 aliphatic rings. The number of hydrogen-bond acceptors (Lipinski definition) is 4. The second-order valence-electron chi connectivity index (χ2n) is 3.63. The van der Waals surface area contributed by atoms with Gasteiger partial charge in [0.1, 0.15) is 0 Å². The largest absolute Gasteiger partial charge is 1.00 e. The van der Waals surface area contributed by atoms with Crippen molar-refractivity contribution in [1.82, 2.24) is 0 Å². The average Bonchev–Trinajstić information content (AvgIpc) is 2.40. The Labute approximate surface area is 164 Å². The van der Waals surface area contributed by atoms with Crippen LogP contribution in [-0.4, -0.2) is 20.0 Å². The average molecular weight is 489 g/mol. The molecule has 0 aliphatic heterocycles. The molecule has 0 aromatic heterocycles. The monoisotopic (exact) mass is 487 g/mol. The molecule has 0 saturated carbocycles. The third-order valence-electron chi connectivity index (χ3n) is 2.04. The third-order valence-corrected chi connectivity index (χ3v) is 2.04. The first-order chi connectivity index (χ1) is 8.58. The second-order valence-corrected chi connectivity index (χ2v) is 3.63. The van der Waals surface area contributed by atoms with Crippen molar-refractivity contribution >= 4 is 20.0 Å². The van der Waals surface area contributed by atoms with Crippen molar-refractivity contribution in [2.45, 2.75) is 21.3 Å². The summed E-state index contributed by atoms with van der Waals surface area (Å²) in [6.07, 6.45) is 5.01. The molecule has 1 aliphatic carbocycles. The van der Waals surface area contributed by atoms with Crippen LogP contribution in [0.1, 0.15) is 18.6 Å². The van der Waals surface area contributed by atoms with Gasteiger partial charge in [-0.1, -0.05) is 42.8 Å². The van der Waals surface area contributed by atoms with Gasteiger partial charge in [-0.15, -0.1) is 0 Å². The summed E-state index contributed by atoms with van der Waals surface area (Å²) in [5.41, 5.74) is 2.66. The van der Waals surface area contributed by atoms with Crippen LogP contribution >= 0.6 is 0 Å². The molecule has 0 heterocycles. The number of benzene rings is 1. The fourth-order valence-electron chi connectivity index (χ4n) is 1.08. The maximum Gasteiger partial charge on any atom is 1.00 e. The number of carbonyl (C=O) groups excluding carboxylic acids is 2. The summed E-state index contributed by atoms with van der Waals surface area (Å²) in [5, 5.41) is 0. The maximum absolute atomic E-state index is 10.3. The van der Waals surface area contributed by atoms with E-state index in [4.69, 9.17) is 9.93 Å². The van der Waals surface area contributed by atoms with E-state index in [-0.39, 0.29) is 72.2 Å². The predicted octanol–water partition coefficient (Wildman–Crippen LogP) is 2.87. The van der Waals surface area contributed by atoms with Gasteiger partial charge in [0.25, 0.3) is 0 Å².